The van der Waals surface area contributed by atoms with E-state index < -0.39 is 5.91 Å². The molecule has 2 bridgehead atoms. The van der Waals surface area contributed by atoms with Crippen LogP contribution < -0.4 is 14.8 Å². The molecule has 0 spiro atoms. The van der Waals surface area contributed by atoms with Crippen LogP contribution in [0, 0.1) is 17.8 Å². The summed E-state index contributed by atoms with van der Waals surface area (Å²) in [5.74, 6) is 2.89. The van der Waals surface area contributed by atoms with Crippen molar-refractivity contribution in [3.8, 4) is 11.5 Å². The molecule has 2 heterocycles. The van der Waals surface area contributed by atoms with Crippen molar-refractivity contribution in [3.63, 3.8) is 0 Å². The van der Waals surface area contributed by atoms with Crippen LogP contribution in [0.5, 0.6) is 11.5 Å². The maximum Gasteiger partial charge on any atom is 0.311 e. The van der Waals surface area contributed by atoms with Gasteiger partial charge in [-0.1, -0.05) is 12.5 Å². The standard InChI is InChI=1S/C23H31N3O4/c1-15(19-11-16-2-4-18(19)10-16)24-22(27)23(28)26-8-6-25(7-9-26)13-17-3-5-20-21(12-17)30-14-29-20/h3,5,12,15-16,18-19H,2,4,6-11,13-14H2,1H3,(H,24,27). The molecule has 5 rings (SSSR count). The van der Waals surface area contributed by atoms with Crippen molar-refractivity contribution in [2.24, 2.45) is 17.8 Å². The van der Waals surface area contributed by atoms with E-state index in [1.165, 1.54) is 25.7 Å². The summed E-state index contributed by atoms with van der Waals surface area (Å²) in [5, 5.41) is 3.01. The highest BCUT2D eigenvalue weighted by Crippen LogP contribution is 2.49. The summed E-state index contributed by atoms with van der Waals surface area (Å²) < 4.78 is 10.8. The Balaban J connectivity index is 1.09. The first-order valence-corrected chi connectivity index (χ1v) is 11.3. The lowest BCUT2D eigenvalue weighted by molar-refractivity contribution is -0.147. The molecule has 1 saturated heterocycles. The van der Waals surface area contributed by atoms with Gasteiger partial charge in [0.15, 0.2) is 11.5 Å². The molecule has 3 fully saturated rings. The zero-order valence-electron chi connectivity index (χ0n) is 17.6. The summed E-state index contributed by atoms with van der Waals surface area (Å²) in [6, 6.07) is 6.10. The van der Waals surface area contributed by atoms with E-state index in [-0.39, 0.29) is 18.7 Å². The minimum atomic E-state index is -0.436. The molecule has 2 aliphatic carbocycles. The largest absolute Gasteiger partial charge is 0.454 e. The smallest absolute Gasteiger partial charge is 0.311 e. The molecule has 0 aromatic heterocycles. The highest BCUT2D eigenvalue weighted by Gasteiger charge is 2.42. The molecular weight excluding hydrogens is 382 g/mol. The SMILES string of the molecule is CC(NC(=O)C(=O)N1CCN(Cc2ccc3c(c2)OCO3)CC1)C1CC2CCC1C2. The van der Waals surface area contributed by atoms with E-state index >= 15 is 0 Å². The third kappa shape index (κ3) is 3.87. The fourth-order valence-electron chi connectivity index (χ4n) is 5.83. The van der Waals surface area contributed by atoms with Crippen LogP contribution in [0.2, 0.25) is 0 Å². The predicted molar refractivity (Wildman–Crippen MR) is 111 cm³/mol. The number of fused-ring (bicyclic) bond motifs is 3. The first kappa shape index (κ1) is 19.7. The van der Waals surface area contributed by atoms with Crippen molar-refractivity contribution in [3.05, 3.63) is 23.8 Å². The average Bonchev–Trinajstić information content (AvgIpc) is 3.50. The molecular formula is C23H31N3O4. The van der Waals surface area contributed by atoms with Gasteiger partial charge in [-0.05, 0) is 61.6 Å². The average molecular weight is 414 g/mol. The van der Waals surface area contributed by atoms with Gasteiger partial charge in [0.05, 0.1) is 0 Å². The molecule has 0 radical (unpaired) electrons. The second-order valence-corrected chi connectivity index (χ2v) is 9.36. The van der Waals surface area contributed by atoms with Gasteiger partial charge >= 0.3 is 11.8 Å². The quantitative estimate of drug-likeness (QED) is 0.765. The molecule has 4 unspecified atom stereocenters. The molecule has 2 saturated carbocycles. The van der Waals surface area contributed by atoms with E-state index in [0.29, 0.717) is 19.0 Å². The van der Waals surface area contributed by atoms with Crippen molar-refractivity contribution < 1.29 is 19.1 Å². The maximum atomic E-state index is 12.7. The Morgan fingerprint density at radius 3 is 2.63 bits per heavy atom. The van der Waals surface area contributed by atoms with Gasteiger partial charge in [0, 0.05) is 38.8 Å². The lowest BCUT2D eigenvalue weighted by atomic mass is 9.84. The van der Waals surface area contributed by atoms with Crippen molar-refractivity contribution in [2.75, 3.05) is 33.0 Å². The second kappa shape index (κ2) is 8.10. The van der Waals surface area contributed by atoms with E-state index in [1.54, 1.807) is 4.90 Å². The van der Waals surface area contributed by atoms with Crippen molar-refractivity contribution in [2.45, 2.75) is 45.2 Å². The third-order valence-corrected chi connectivity index (χ3v) is 7.49. The molecule has 1 aromatic rings. The van der Waals surface area contributed by atoms with E-state index in [1.807, 2.05) is 12.1 Å². The number of amides is 2. The third-order valence-electron chi connectivity index (χ3n) is 7.49. The number of carbonyl (C=O) groups excluding carboxylic acids is 2. The van der Waals surface area contributed by atoms with Gasteiger partial charge in [-0.15, -0.1) is 0 Å². The molecule has 1 aromatic carbocycles. The molecule has 7 heteroatoms. The fraction of sp³-hybridized carbons (Fsp3) is 0.652. The lowest BCUT2D eigenvalue weighted by Crippen LogP contribution is -2.54. The molecule has 7 nitrogen and oxygen atoms in total. The minimum absolute atomic E-state index is 0.0871. The molecule has 2 aliphatic heterocycles. The van der Waals surface area contributed by atoms with Gasteiger partial charge in [-0.2, -0.15) is 0 Å². The number of carbonyl (C=O) groups is 2. The Kier molecular flexibility index (Phi) is 5.31. The Bertz CT molecular complexity index is 821. The summed E-state index contributed by atoms with van der Waals surface area (Å²) in [5.41, 5.74) is 1.16. The van der Waals surface area contributed by atoms with E-state index in [2.05, 4.69) is 23.2 Å². The fourth-order valence-corrected chi connectivity index (χ4v) is 5.83. The van der Waals surface area contributed by atoms with E-state index in [9.17, 15) is 9.59 Å². The zero-order valence-corrected chi connectivity index (χ0v) is 17.6. The maximum absolute atomic E-state index is 12.7. The van der Waals surface area contributed by atoms with Crippen LogP contribution in [0.1, 0.15) is 38.2 Å². The van der Waals surface area contributed by atoms with Crippen LogP contribution in [0.25, 0.3) is 0 Å². The van der Waals surface area contributed by atoms with E-state index in [4.69, 9.17) is 9.47 Å². The number of hydrogen-bond donors (Lipinski definition) is 1. The minimum Gasteiger partial charge on any atom is -0.454 e. The Morgan fingerprint density at radius 2 is 1.90 bits per heavy atom. The summed E-state index contributed by atoms with van der Waals surface area (Å²) >= 11 is 0. The van der Waals surface area contributed by atoms with E-state index in [0.717, 1.165) is 48.5 Å². The number of rotatable bonds is 4. The van der Waals surface area contributed by atoms with Gasteiger partial charge in [0.1, 0.15) is 0 Å². The Labute approximate surface area is 177 Å². The first-order valence-electron chi connectivity index (χ1n) is 11.3. The van der Waals surface area contributed by atoms with Crippen LogP contribution in [0.4, 0.5) is 0 Å². The molecule has 4 atom stereocenters. The van der Waals surface area contributed by atoms with Crippen LogP contribution in [-0.4, -0.2) is 60.6 Å². The first-order chi connectivity index (χ1) is 14.6. The molecule has 4 aliphatic rings. The van der Waals surface area contributed by atoms with Gasteiger partial charge in [0.25, 0.3) is 0 Å². The lowest BCUT2D eigenvalue weighted by Gasteiger charge is -2.35. The van der Waals surface area contributed by atoms with Gasteiger partial charge in [-0.3, -0.25) is 14.5 Å². The van der Waals surface area contributed by atoms with Crippen LogP contribution >= 0.6 is 0 Å². The highest BCUT2D eigenvalue weighted by atomic mass is 16.7. The molecule has 1 N–H and O–H groups in total. The number of hydrogen-bond acceptors (Lipinski definition) is 5. The molecule has 2 amide bonds. The summed E-state index contributed by atoms with van der Waals surface area (Å²) in [7, 11) is 0. The Hall–Kier alpha value is -2.28. The summed E-state index contributed by atoms with van der Waals surface area (Å²) in [6.07, 6.45) is 5.15. The zero-order chi connectivity index (χ0) is 20.7. The highest BCUT2D eigenvalue weighted by molar-refractivity contribution is 6.35. The number of nitrogens with one attached hydrogen (secondary N) is 1. The summed E-state index contributed by atoms with van der Waals surface area (Å²) in [4.78, 5) is 29.2. The van der Waals surface area contributed by atoms with Gasteiger partial charge in [-0.25, -0.2) is 0 Å². The van der Waals surface area contributed by atoms with Crippen molar-refractivity contribution in [1.29, 1.82) is 0 Å². The number of ether oxygens (including phenoxy) is 2. The van der Waals surface area contributed by atoms with Crippen LogP contribution in [-0.2, 0) is 16.1 Å². The van der Waals surface area contributed by atoms with Crippen molar-refractivity contribution in [1.82, 2.24) is 15.1 Å². The van der Waals surface area contributed by atoms with Gasteiger partial charge in [0.2, 0.25) is 6.79 Å². The number of nitrogens with zero attached hydrogens (tertiary/aromatic N) is 2. The monoisotopic (exact) mass is 413 g/mol. The van der Waals surface area contributed by atoms with Crippen LogP contribution in [0.15, 0.2) is 18.2 Å². The topological polar surface area (TPSA) is 71.1 Å². The number of benzene rings is 1. The Morgan fingerprint density at radius 1 is 1.10 bits per heavy atom. The second-order valence-electron chi connectivity index (χ2n) is 9.36. The number of piperazine rings is 1. The van der Waals surface area contributed by atoms with Gasteiger partial charge < -0.3 is 19.7 Å². The normalized spacial score (nSPS) is 28.6. The van der Waals surface area contributed by atoms with Crippen molar-refractivity contribution >= 4 is 11.8 Å². The summed E-state index contributed by atoms with van der Waals surface area (Å²) in [6.45, 7) is 5.83. The molecule has 30 heavy (non-hydrogen) atoms. The predicted octanol–water partition coefficient (Wildman–Crippen LogP) is 2.00. The molecule has 162 valence electrons. The van der Waals surface area contributed by atoms with Crippen LogP contribution in [0.3, 0.4) is 0 Å².